The van der Waals surface area contributed by atoms with Crippen LogP contribution in [0.25, 0.3) is 0 Å². The van der Waals surface area contributed by atoms with Gasteiger partial charge in [-0.3, -0.25) is 4.79 Å². The molecular formula is C14H18BrNO2. The molecule has 1 aliphatic heterocycles. The highest BCUT2D eigenvalue weighted by Crippen LogP contribution is 2.18. The molecule has 0 radical (unpaired) electrons. The molecule has 0 unspecified atom stereocenters. The lowest BCUT2D eigenvalue weighted by atomic mass is 10.0. The SMILES string of the molecule is C[C@@H](Cc1ccccc1Br)NC(=O)[C@@H]1CCOC1. The van der Waals surface area contributed by atoms with Crippen molar-refractivity contribution >= 4 is 21.8 Å². The van der Waals surface area contributed by atoms with Crippen molar-refractivity contribution in [3.63, 3.8) is 0 Å². The number of nitrogens with one attached hydrogen (secondary N) is 1. The van der Waals surface area contributed by atoms with Crippen molar-refractivity contribution in [1.29, 1.82) is 0 Å². The minimum absolute atomic E-state index is 0.0339. The number of ether oxygens (including phenoxy) is 1. The zero-order valence-corrected chi connectivity index (χ0v) is 12.1. The second-order valence-electron chi connectivity index (χ2n) is 4.77. The Morgan fingerprint density at radius 1 is 1.56 bits per heavy atom. The molecule has 1 heterocycles. The molecule has 1 N–H and O–H groups in total. The first-order chi connectivity index (χ1) is 8.66. The summed E-state index contributed by atoms with van der Waals surface area (Å²) in [4.78, 5) is 11.9. The van der Waals surface area contributed by atoms with Gasteiger partial charge in [0.2, 0.25) is 5.91 Å². The van der Waals surface area contributed by atoms with Gasteiger partial charge in [0.1, 0.15) is 0 Å². The third kappa shape index (κ3) is 3.56. The summed E-state index contributed by atoms with van der Waals surface area (Å²) in [6, 6.07) is 8.24. The van der Waals surface area contributed by atoms with E-state index in [2.05, 4.69) is 27.3 Å². The van der Waals surface area contributed by atoms with Gasteiger partial charge >= 0.3 is 0 Å². The molecule has 3 nitrogen and oxygen atoms in total. The summed E-state index contributed by atoms with van der Waals surface area (Å²) in [6.45, 7) is 3.30. The summed E-state index contributed by atoms with van der Waals surface area (Å²) in [5.74, 6) is 0.152. The second kappa shape index (κ2) is 6.34. The van der Waals surface area contributed by atoms with Crippen LogP contribution in [0.15, 0.2) is 28.7 Å². The van der Waals surface area contributed by atoms with Crippen LogP contribution >= 0.6 is 15.9 Å². The maximum Gasteiger partial charge on any atom is 0.225 e. The van der Waals surface area contributed by atoms with Crippen molar-refractivity contribution in [2.45, 2.75) is 25.8 Å². The van der Waals surface area contributed by atoms with Gasteiger partial charge in [0.15, 0.2) is 0 Å². The topological polar surface area (TPSA) is 38.3 Å². The summed E-state index contributed by atoms with van der Waals surface area (Å²) in [5.41, 5.74) is 1.22. The van der Waals surface area contributed by atoms with Gasteiger partial charge in [-0.25, -0.2) is 0 Å². The predicted molar refractivity (Wildman–Crippen MR) is 74.4 cm³/mol. The van der Waals surface area contributed by atoms with Gasteiger partial charge in [-0.2, -0.15) is 0 Å². The molecule has 1 aliphatic rings. The smallest absolute Gasteiger partial charge is 0.225 e. The summed E-state index contributed by atoms with van der Waals surface area (Å²) in [5, 5.41) is 3.06. The van der Waals surface area contributed by atoms with Crippen molar-refractivity contribution < 1.29 is 9.53 Å². The fourth-order valence-corrected chi connectivity index (χ4v) is 2.59. The molecule has 0 saturated carbocycles. The van der Waals surface area contributed by atoms with Gasteiger partial charge in [0.25, 0.3) is 0 Å². The quantitative estimate of drug-likeness (QED) is 0.928. The van der Waals surface area contributed by atoms with Crippen molar-refractivity contribution in [2.75, 3.05) is 13.2 Å². The highest BCUT2D eigenvalue weighted by atomic mass is 79.9. The Balaban J connectivity index is 1.86. The van der Waals surface area contributed by atoms with E-state index in [-0.39, 0.29) is 17.9 Å². The Bertz CT molecular complexity index is 416. The Hall–Kier alpha value is -0.870. The molecule has 0 spiro atoms. The monoisotopic (exact) mass is 311 g/mol. The van der Waals surface area contributed by atoms with Gasteiger partial charge < -0.3 is 10.1 Å². The third-order valence-electron chi connectivity index (χ3n) is 3.17. The summed E-state index contributed by atoms with van der Waals surface area (Å²) in [7, 11) is 0. The fraction of sp³-hybridized carbons (Fsp3) is 0.500. The predicted octanol–water partition coefficient (Wildman–Crippen LogP) is 2.53. The molecule has 0 aliphatic carbocycles. The number of benzene rings is 1. The van der Waals surface area contributed by atoms with E-state index in [0.717, 1.165) is 17.3 Å². The minimum Gasteiger partial charge on any atom is -0.381 e. The van der Waals surface area contributed by atoms with Crippen LogP contribution in [0.1, 0.15) is 18.9 Å². The van der Waals surface area contributed by atoms with Crippen LogP contribution in [0, 0.1) is 5.92 Å². The second-order valence-corrected chi connectivity index (χ2v) is 5.62. The Kier molecular flexibility index (Phi) is 4.78. The number of carbonyl (C=O) groups is 1. The highest BCUT2D eigenvalue weighted by Gasteiger charge is 2.24. The van der Waals surface area contributed by atoms with Crippen LogP contribution in [-0.2, 0) is 16.0 Å². The average molecular weight is 312 g/mol. The number of rotatable bonds is 4. The molecule has 1 fully saturated rings. The molecule has 2 rings (SSSR count). The molecule has 98 valence electrons. The van der Waals surface area contributed by atoms with E-state index in [1.165, 1.54) is 5.56 Å². The van der Waals surface area contributed by atoms with Crippen LogP contribution in [0.5, 0.6) is 0 Å². The van der Waals surface area contributed by atoms with Crippen LogP contribution in [0.2, 0.25) is 0 Å². The normalized spacial score (nSPS) is 20.7. The first-order valence-electron chi connectivity index (χ1n) is 6.28. The summed E-state index contributed by atoms with van der Waals surface area (Å²) < 4.78 is 6.32. The van der Waals surface area contributed by atoms with Crippen LogP contribution in [0.4, 0.5) is 0 Å². The van der Waals surface area contributed by atoms with Gasteiger partial charge in [-0.15, -0.1) is 0 Å². The van der Waals surface area contributed by atoms with Gasteiger partial charge in [0.05, 0.1) is 12.5 Å². The van der Waals surface area contributed by atoms with Crippen LogP contribution in [-0.4, -0.2) is 25.2 Å². The lowest BCUT2D eigenvalue weighted by molar-refractivity contribution is -0.125. The molecule has 1 saturated heterocycles. The van der Waals surface area contributed by atoms with Crippen molar-refractivity contribution in [2.24, 2.45) is 5.92 Å². The van der Waals surface area contributed by atoms with Gasteiger partial charge in [-0.1, -0.05) is 34.1 Å². The van der Waals surface area contributed by atoms with E-state index in [1.54, 1.807) is 0 Å². The maximum atomic E-state index is 11.9. The van der Waals surface area contributed by atoms with Crippen molar-refractivity contribution in [1.82, 2.24) is 5.32 Å². The van der Waals surface area contributed by atoms with Crippen LogP contribution in [0.3, 0.4) is 0 Å². The zero-order valence-electron chi connectivity index (χ0n) is 10.5. The molecule has 0 bridgehead atoms. The number of hydrogen-bond acceptors (Lipinski definition) is 2. The summed E-state index contributed by atoms with van der Waals surface area (Å²) in [6.07, 6.45) is 1.67. The molecule has 0 aromatic heterocycles. The standard InChI is InChI=1S/C14H18BrNO2/c1-10(8-11-4-2-3-5-13(11)15)16-14(17)12-6-7-18-9-12/h2-5,10,12H,6-9H2,1H3,(H,16,17)/t10-,12+/m0/s1. The molecule has 1 aromatic carbocycles. The van der Waals surface area contributed by atoms with Crippen LogP contribution < -0.4 is 5.32 Å². The van der Waals surface area contributed by atoms with E-state index in [4.69, 9.17) is 4.74 Å². The van der Waals surface area contributed by atoms with E-state index < -0.39 is 0 Å². The number of hydrogen-bond donors (Lipinski definition) is 1. The Morgan fingerprint density at radius 3 is 3.00 bits per heavy atom. The van der Waals surface area contributed by atoms with E-state index >= 15 is 0 Å². The molecular weight excluding hydrogens is 294 g/mol. The number of halogens is 1. The zero-order chi connectivity index (χ0) is 13.0. The lowest BCUT2D eigenvalue weighted by Gasteiger charge is -2.17. The molecule has 4 heteroatoms. The lowest BCUT2D eigenvalue weighted by Crippen LogP contribution is -2.38. The average Bonchev–Trinajstić information content (AvgIpc) is 2.85. The van der Waals surface area contributed by atoms with E-state index in [1.807, 2.05) is 25.1 Å². The maximum absolute atomic E-state index is 11.9. The first-order valence-corrected chi connectivity index (χ1v) is 7.07. The molecule has 2 atom stereocenters. The van der Waals surface area contributed by atoms with E-state index in [9.17, 15) is 4.79 Å². The van der Waals surface area contributed by atoms with Gasteiger partial charge in [-0.05, 0) is 31.4 Å². The Labute approximate surface area is 116 Å². The Morgan fingerprint density at radius 2 is 2.33 bits per heavy atom. The highest BCUT2D eigenvalue weighted by molar-refractivity contribution is 9.10. The van der Waals surface area contributed by atoms with Crippen molar-refractivity contribution in [3.05, 3.63) is 34.3 Å². The van der Waals surface area contributed by atoms with Crippen molar-refractivity contribution in [3.8, 4) is 0 Å². The first kappa shape index (κ1) is 13.6. The number of amides is 1. The van der Waals surface area contributed by atoms with E-state index in [0.29, 0.717) is 13.2 Å². The van der Waals surface area contributed by atoms with Gasteiger partial charge in [0, 0.05) is 17.1 Å². The molecule has 18 heavy (non-hydrogen) atoms. The fourth-order valence-electron chi connectivity index (χ4n) is 2.15. The third-order valence-corrected chi connectivity index (χ3v) is 3.95. The minimum atomic E-state index is 0.0339. The molecule has 1 amide bonds. The largest absolute Gasteiger partial charge is 0.381 e. The number of carbonyl (C=O) groups excluding carboxylic acids is 1. The summed E-state index contributed by atoms with van der Waals surface area (Å²) >= 11 is 3.52. The molecule has 1 aromatic rings.